The van der Waals surface area contributed by atoms with Gasteiger partial charge in [0.1, 0.15) is 0 Å². The van der Waals surface area contributed by atoms with Gasteiger partial charge < -0.3 is 4.74 Å². The molecule has 1 aromatic rings. The molecule has 4 nitrogen and oxygen atoms in total. The smallest absolute Gasteiger partial charge is 0.338 e. The number of Topliss-reactive ketones (excluding diaryl/α,β-unsaturated/α-hetero) is 2. The minimum atomic E-state index is -0.573. The highest BCUT2D eigenvalue weighted by molar-refractivity contribution is 6.51. The van der Waals surface area contributed by atoms with Crippen molar-refractivity contribution in [3.63, 3.8) is 0 Å². The largest absolute Gasteiger partial charge is 0.462 e. The zero-order valence-electron chi connectivity index (χ0n) is 10.1. The van der Waals surface area contributed by atoms with Gasteiger partial charge in [-0.25, -0.2) is 4.79 Å². The van der Waals surface area contributed by atoms with Crippen LogP contribution in [-0.2, 0) is 9.53 Å². The minimum absolute atomic E-state index is 0.260. The lowest BCUT2D eigenvalue weighted by Crippen LogP contribution is -2.22. The summed E-state index contributed by atoms with van der Waals surface area (Å²) in [6.45, 7) is 3.53. The first-order valence-electron chi connectivity index (χ1n) is 5.63. The Morgan fingerprint density at radius 2 is 1.94 bits per heavy atom. The average Bonchev–Trinajstić information content (AvgIpc) is 2.36. The van der Waals surface area contributed by atoms with Gasteiger partial charge in [0.15, 0.2) is 0 Å². The van der Waals surface area contributed by atoms with E-state index in [2.05, 4.69) is 0 Å². The lowest BCUT2D eigenvalue weighted by Gasteiger charge is -2.14. The molecule has 0 aliphatic heterocycles. The van der Waals surface area contributed by atoms with Gasteiger partial charge in [-0.3, -0.25) is 9.59 Å². The number of allylic oxidation sites excluding steroid dienone is 1. The van der Waals surface area contributed by atoms with Crippen LogP contribution in [0.1, 0.15) is 40.1 Å². The van der Waals surface area contributed by atoms with Crippen LogP contribution in [0.15, 0.2) is 23.8 Å². The number of ether oxygens (including phenoxy) is 1. The lowest BCUT2D eigenvalue weighted by molar-refractivity contribution is -0.111. The highest BCUT2D eigenvalue weighted by Crippen LogP contribution is 2.25. The van der Waals surface area contributed by atoms with Crippen LogP contribution < -0.4 is 0 Å². The van der Waals surface area contributed by atoms with Gasteiger partial charge in [0, 0.05) is 16.7 Å². The third kappa shape index (κ3) is 1.86. The van der Waals surface area contributed by atoms with Crippen LogP contribution in [0.3, 0.4) is 0 Å². The Bertz CT molecular complexity index is 581. The second-order valence-electron chi connectivity index (χ2n) is 3.97. The predicted molar refractivity (Wildman–Crippen MR) is 65.4 cm³/mol. The quantitative estimate of drug-likeness (QED) is 0.590. The third-order valence-corrected chi connectivity index (χ3v) is 2.77. The van der Waals surface area contributed by atoms with Crippen molar-refractivity contribution in [1.82, 2.24) is 0 Å². The van der Waals surface area contributed by atoms with Gasteiger partial charge in [-0.05, 0) is 26.0 Å². The van der Waals surface area contributed by atoms with Crippen molar-refractivity contribution >= 4 is 23.6 Å². The number of fused-ring (bicyclic) bond motifs is 1. The average molecular weight is 244 g/mol. The fourth-order valence-electron chi connectivity index (χ4n) is 1.89. The summed E-state index contributed by atoms with van der Waals surface area (Å²) < 4.78 is 4.93. The maximum absolute atomic E-state index is 11.8. The summed E-state index contributed by atoms with van der Waals surface area (Å²) in [5.41, 5.74) is 1.38. The second-order valence-corrected chi connectivity index (χ2v) is 3.97. The standard InChI is InChI=1S/C14H12O4/c1-3-18-14(17)10-6-4-5-9-11(10)7-8(2)12(15)13(9)16/h4-7H,3H2,1-2H3. The Morgan fingerprint density at radius 1 is 1.22 bits per heavy atom. The Labute approximate surface area is 104 Å². The van der Waals surface area contributed by atoms with Gasteiger partial charge in [-0.1, -0.05) is 12.1 Å². The summed E-state index contributed by atoms with van der Waals surface area (Å²) in [6.07, 6.45) is 1.56. The molecule has 1 aliphatic carbocycles. The maximum Gasteiger partial charge on any atom is 0.338 e. The molecule has 0 bridgehead atoms. The summed E-state index contributed by atoms with van der Waals surface area (Å²) in [4.78, 5) is 35.1. The molecule has 0 fully saturated rings. The zero-order valence-corrected chi connectivity index (χ0v) is 10.1. The van der Waals surface area contributed by atoms with Crippen LogP contribution in [0, 0.1) is 0 Å². The van der Waals surface area contributed by atoms with E-state index < -0.39 is 17.5 Å². The van der Waals surface area contributed by atoms with Crippen molar-refractivity contribution in [3.05, 3.63) is 40.5 Å². The zero-order chi connectivity index (χ0) is 13.3. The molecule has 4 heteroatoms. The van der Waals surface area contributed by atoms with Gasteiger partial charge in [0.2, 0.25) is 11.6 Å². The molecule has 0 unspecified atom stereocenters. The van der Waals surface area contributed by atoms with Crippen LogP contribution in [0.25, 0.3) is 6.08 Å². The van der Waals surface area contributed by atoms with Gasteiger partial charge in [-0.2, -0.15) is 0 Å². The molecule has 1 aromatic carbocycles. The Hall–Kier alpha value is -2.23. The van der Waals surface area contributed by atoms with Crippen LogP contribution in [0.2, 0.25) is 0 Å². The molecule has 92 valence electrons. The van der Waals surface area contributed by atoms with E-state index in [-0.39, 0.29) is 12.2 Å². The van der Waals surface area contributed by atoms with E-state index >= 15 is 0 Å². The van der Waals surface area contributed by atoms with E-state index in [1.54, 1.807) is 38.1 Å². The van der Waals surface area contributed by atoms with Crippen molar-refractivity contribution in [2.45, 2.75) is 13.8 Å². The third-order valence-electron chi connectivity index (χ3n) is 2.77. The Morgan fingerprint density at radius 3 is 2.61 bits per heavy atom. The van der Waals surface area contributed by atoms with Crippen molar-refractivity contribution in [2.24, 2.45) is 0 Å². The molecule has 0 aromatic heterocycles. The highest BCUT2D eigenvalue weighted by Gasteiger charge is 2.28. The van der Waals surface area contributed by atoms with E-state index in [1.165, 1.54) is 0 Å². The van der Waals surface area contributed by atoms with Gasteiger partial charge in [0.25, 0.3) is 0 Å². The summed E-state index contributed by atoms with van der Waals surface area (Å²) in [6, 6.07) is 4.70. The number of carbonyl (C=O) groups excluding carboxylic acids is 3. The van der Waals surface area contributed by atoms with Crippen molar-refractivity contribution < 1.29 is 19.1 Å². The van der Waals surface area contributed by atoms with Gasteiger partial charge in [0.05, 0.1) is 12.2 Å². The molecule has 1 aliphatic rings. The SMILES string of the molecule is CCOC(=O)c1cccc2c1C=C(C)C(=O)C2=O. The molecular weight excluding hydrogens is 232 g/mol. The van der Waals surface area contributed by atoms with E-state index in [1.807, 2.05) is 0 Å². The van der Waals surface area contributed by atoms with Crippen LogP contribution in [0.5, 0.6) is 0 Å². The minimum Gasteiger partial charge on any atom is -0.462 e. The first kappa shape index (κ1) is 12.2. The summed E-state index contributed by atoms with van der Waals surface area (Å²) in [5, 5.41) is 0. The molecule has 0 heterocycles. The number of hydrogen-bond acceptors (Lipinski definition) is 4. The number of carbonyl (C=O) groups is 3. The molecule has 0 amide bonds. The van der Waals surface area contributed by atoms with E-state index in [9.17, 15) is 14.4 Å². The summed E-state index contributed by atoms with van der Waals surface area (Å²) >= 11 is 0. The molecule has 0 N–H and O–H groups in total. The summed E-state index contributed by atoms with van der Waals surface area (Å²) in [5.74, 6) is -1.58. The van der Waals surface area contributed by atoms with Crippen molar-refractivity contribution in [2.75, 3.05) is 6.61 Å². The van der Waals surface area contributed by atoms with Crippen LogP contribution in [-0.4, -0.2) is 24.1 Å². The number of ketones is 2. The lowest BCUT2D eigenvalue weighted by atomic mass is 9.88. The van der Waals surface area contributed by atoms with Crippen molar-refractivity contribution in [1.29, 1.82) is 0 Å². The fraction of sp³-hybridized carbons (Fsp3) is 0.214. The normalized spacial score (nSPS) is 14.0. The first-order chi connectivity index (χ1) is 8.56. The monoisotopic (exact) mass is 244 g/mol. The molecular formula is C14H12O4. The van der Waals surface area contributed by atoms with Crippen molar-refractivity contribution in [3.8, 4) is 0 Å². The van der Waals surface area contributed by atoms with Gasteiger partial charge >= 0.3 is 5.97 Å². The number of rotatable bonds is 2. The van der Waals surface area contributed by atoms with E-state index in [0.717, 1.165) is 0 Å². The van der Waals surface area contributed by atoms with Crippen LogP contribution >= 0.6 is 0 Å². The second kappa shape index (κ2) is 4.56. The van der Waals surface area contributed by atoms with Crippen LogP contribution in [0.4, 0.5) is 0 Å². The van der Waals surface area contributed by atoms with E-state index in [4.69, 9.17) is 4.74 Å². The number of benzene rings is 1. The Kier molecular flexibility index (Phi) is 3.10. The molecule has 0 spiro atoms. The topological polar surface area (TPSA) is 60.4 Å². The molecule has 0 saturated carbocycles. The van der Waals surface area contributed by atoms with E-state index in [0.29, 0.717) is 16.7 Å². The molecule has 0 atom stereocenters. The predicted octanol–water partition coefficient (Wildman–Crippen LogP) is 2.03. The maximum atomic E-state index is 11.8. The first-order valence-corrected chi connectivity index (χ1v) is 5.63. The highest BCUT2D eigenvalue weighted by atomic mass is 16.5. The summed E-state index contributed by atoms with van der Waals surface area (Å²) in [7, 11) is 0. The van der Waals surface area contributed by atoms with Gasteiger partial charge in [-0.15, -0.1) is 0 Å². The molecule has 18 heavy (non-hydrogen) atoms. The molecule has 0 radical (unpaired) electrons. The molecule has 0 saturated heterocycles. The Balaban J connectivity index is 2.60. The molecule has 2 rings (SSSR count). The fourth-order valence-corrected chi connectivity index (χ4v) is 1.89. The number of esters is 1. The number of hydrogen-bond donors (Lipinski definition) is 0.